The van der Waals surface area contributed by atoms with E-state index in [4.69, 9.17) is 9.76 Å². The zero-order valence-corrected chi connectivity index (χ0v) is 8.90. The molecule has 0 fully saturated rings. The van der Waals surface area contributed by atoms with E-state index in [1.54, 1.807) is 24.3 Å². The fraction of sp³-hybridized carbons (Fsp3) is 0.111. The van der Waals surface area contributed by atoms with Gasteiger partial charge in [0.15, 0.2) is 0 Å². The van der Waals surface area contributed by atoms with Crippen LogP contribution in [0.4, 0.5) is 0 Å². The van der Waals surface area contributed by atoms with E-state index in [-0.39, 0.29) is 4.90 Å². The summed E-state index contributed by atoms with van der Waals surface area (Å²) in [5.41, 5.74) is 0.556. The molecule has 0 saturated carbocycles. The van der Waals surface area contributed by atoms with Crippen LogP contribution in [0.5, 0.6) is 0 Å². The zero-order chi connectivity index (χ0) is 11.9. The molecule has 0 aromatic heterocycles. The van der Waals surface area contributed by atoms with Crippen molar-refractivity contribution in [2.75, 3.05) is 0 Å². The van der Waals surface area contributed by atoms with E-state index in [0.717, 1.165) is 0 Å². The Labute approximate surface area is 88.6 Å². The van der Waals surface area contributed by atoms with Gasteiger partial charge in [-0.2, -0.15) is 8.42 Å². The molecule has 0 saturated heterocycles. The van der Waals surface area contributed by atoms with Gasteiger partial charge < -0.3 is 11.1 Å². The van der Waals surface area contributed by atoms with Gasteiger partial charge in [0.2, 0.25) is 0 Å². The lowest BCUT2D eigenvalue weighted by Gasteiger charge is -2.02. The quantitative estimate of drug-likeness (QED) is 0.446. The molecule has 0 aliphatic rings. The van der Waals surface area contributed by atoms with Crippen LogP contribution in [0.15, 0.2) is 41.8 Å². The molecule has 1 aromatic carbocycles. The molecule has 1 aromatic rings. The van der Waals surface area contributed by atoms with Gasteiger partial charge in [-0.1, -0.05) is 24.3 Å². The van der Waals surface area contributed by atoms with Crippen LogP contribution in [0.2, 0.25) is 0 Å². The van der Waals surface area contributed by atoms with E-state index in [1.165, 1.54) is 6.07 Å². The summed E-state index contributed by atoms with van der Waals surface area (Å²) in [6.45, 7) is 3.50. The third kappa shape index (κ3) is 4.22. The molecule has 0 atom stereocenters. The Morgan fingerprint density at radius 2 is 1.93 bits per heavy atom. The number of rotatable bonds is 3. The first kappa shape index (κ1) is 13.8. The van der Waals surface area contributed by atoms with Crippen LogP contribution < -0.4 is 5.90 Å². The average Bonchev–Trinajstić information content (AvgIpc) is 2.21. The summed E-state index contributed by atoms with van der Waals surface area (Å²) in [6, 6.07) is 6.29. The minimum absolute atomic E-state index is 0.0464. The van der Waals surface area contributed by atoms with Crippen LogP contribution >= 0.6 is 0 Å². The smallest absolute Gasteiger partial charge is 0.294 e. The maximum Gasteiger partial charge on any atom is 0.294 e. The van der Waals surface area contributed by atoms with Crippen LogP contribution in [-0.4, -0.2) is 13.0 Å². The molecule has 0 aliphatic carbocycles. The summed E-state index contributed by atoms with van der Waals surface area (Å²) < 4.78 is 30.5. The summed E-state index contributed by atoms with van der Waals surface area (Å²) in [4.78, 5) is -0.0464. The minimum Gasteiger partial charge on any atom is -0.637 e. The number of allylic oxidation sites excluding steroid dienone is 1. The molecule has 15 heavy (non-hydrogen) atoms. The lowest BCUT2D eigenvalue weighted by molar-refractivity contribution is -0.275. The highest BCUT2D eigenvalue weighted by Crippen LogP contribution is 2.15. The third-order valence-corrected chi connectivity index (χ3v) is 2.57. The molecule has 0 bridgehead atoms. The Morgan fingerprint density at radius 1 is 1.40 bits per heavy atom. The van der Waals surface area contributed by atoms with Gasteiger partial charge >= 0.3 is 0 Å². The predicted octanol–water partition coefficient (Wildman–Crippen LogP) is 0.388. The van der Waals surface area contributed by atoms with Crippen molar-refractivity contribution in [2.24, 2.45) is 0 Å². The van der Waals surface area contributed by atoms with Crippen molar-refractivity contribution < 1.29 is 18.9 Å². The molecule has 0 unspecified atom stereocenters. The molecule has 0 aliphatic heterocycles. The lowest BCUT2D eigenvalue weighted by atomic mass is 10.1. The number of hydrogen-bond donors (Lipinski definition) is 2. The van der Waals surface area contributed by atoms with Crippen LogP contribution in [-0.2, 0) is 16.5 Å². The SMILES string of the molecule is C=CCc1ccccc1S(=O)(=O)O.[NH3+][O-]. The second kappa shape index (κ2) is 6.31. The normalized spacial score (nSPS) is 10.1. The maximum absolute atomic E-state index is 10.8. The molecule has 0 spiro atoms. The van der Waals surface area contributed by atoms with Crippen molar-refractivity contribution in [2.45, 2.75) is 11.3 Å². The lowest BCUT2D eigenvalue weighted by Crippen LogP contribution is -2.37. The zero-order valence-electron chi connectivity index (χ0n) is 8.09. The second-order valence-corrected chi connectivity index (χ2v) is 3.97. The summed E-state index contributed by atoms with van der Waals surface area (Å²) in [7, 11) is -4.10. The van der Waals surface area contributed by atoms with Gasteiger partial charge in [-0.25, -0.2) is 0 Å². The van der Waals surface area contributed by atoms with E-state index >= 15 is 0 Å². The van der Waals surface area contributed by atoms with Gasteiger partial charge in [0, 0.05) is 0 Å². The topological polar surface area (TPSA) is 105 Å². The molecule has 5 nitrogen and oxygen atoms in total. The fourth-order valence-corrected chi connectivity index (χ4v) is 1.81. The van der Waals surface area contributed by atoms with Crippen LogP contribution in [0.3, 0.4) is 0 Å². The first-order valence-electron chi connectivity index (χ1n) is 4.01. The van der Waals surface area contributed by atoms with Gasteiger partial charge in [-0.05, 0) is 18.1 Å². The largest absolute Gasteiger partial charge is 0.637 e. The summed E-state index contributed by atoms with van der Waals surface area (Å²) in [5.74, 6) is 2.00. The fourth-order valence-electron chi connectivity index (χ4n) is 1.08. The Bertz CT molecular complexity index is 414. The van der Waals surface area contributed by atoms with E-state index in [0.29, 0.717) is 12.0 Å². The highest BCUT2D eigenvalue weighted by molar-refractivity contribution is 7.85. The van der Waals surface area contributed by atoms with E-state index in [2.05, 4.69) is 6.58 Å². The van der Waals surface area contributed by atoms with Crippen LogP contribution in [0.25, 0.3) is 0 Å². The molecule has 0 amide bonds. The number of benzene rings is 1. The summed E-state index contributed by atoms with van der Waals surface area (Å²) >= 11 is 0. The average molecular weight is 231 g/mol. The van der Waals surface area contributed by atoms with Crippen molar-refractivity contribution in [3.05, 3.63) is 47.7 Å². The second-order valence-electron chi connectivity index (χ2n) is 2.58. The Hall–Kier alpha value is -1.21. The molecular formula is C9H13NO4S. The van der Waals surface area contributed by atoms with Gasteiger partial charge in [0.05, 0.1) is 4.90 Å². The van der Waals surface area contributed by atoms with Crippen LogP contribution in [0, 0.1) is 5.21 Å². The molecule has 6 heteroatoms. The minimum atomic E-state index is -4.10. The van der Waals surface area contributed by atoms with Crippen molar-refractivity contribution in [1.82, 2.24) is 0 Å². The van der Waals surface area contributed by atoms with Crippen molar-refractivity contribution in [1.29, 1.82) is 0 Å². The van der Waals surface area contributed by atoms with Gasteiger partial charge in [0.25, 0.3) is 10.1 Å². The Morgan fingerprint density at radius 3 is 2.40 bits per heavy atom. The predicted molar refractivity (Wildman–Crippen MR) is 56.4 cm³/mol. The van der Waals surface area contributed by atoms with E-state index in [1.807, 2.05) is 5.90 Å². The molecule has 1 rings (SSSR count). The molecule has 4 N–H and O–H groups in total. The van der Waals surface area contributed by atoms with Crippen molar-refractivity contribution in [3.8, 4) is 0 Å². The highest BCUT2D eigenvalue weighted by atomic mass is 32.2. The first-order valence-corrected chi connectivity index (χ1v) is 5.45. The molecular weight excluding hydrogens is 218 g/mol. The van der Waals surface area contributed by atoms with Crippen molar-refractivity contribution in [3.63, 3.8) is 0 Å². The monoisotopic (exact) mass is 231 g/mol. The molecule has 0 radical (unpaired) electrons. The molecule has 0 heterocycles. The standard InChI is InChI=1S/C9H10O3S.H3NO/c1-2-5-8-6-3-4-7-9(8)13(10,11)12;1-2/h2-4,6-7H,1,5H2,(H,10,11,12);1H3. The van der Waals surface area contributed by atoms with E-state index < -0.39 is 10.1 Å². The van der Waals surface area contributed by atoms with Crippen molar-refractivity contribution >= 4 is 10.1 Å². The highest BCUT2D eigenvalue weighted by Gasteiger charge is 2.12. The maximum atomic E-state index is 10.8. The Balaban J connectivity index is 0.000000921. The first-order chi connectivity index (χ1) is 7.05. The van der Waals surface area contributed by atoms with Gasteiger partial charge in [-0.15, -0.1) is 6.58 Å². The van der Waals surface area contributed by atoms with Gasteiger partial charge in [0.1, 0.15) is 0 Å². The molecule has 84 valence electrons. The van der Waals surface area contributed by atoms with E-state index in [9.17, 15) is 8.42 Å². The van der Waals surface area contributed by atoms with Gasteiger partial charge in [-0.3, -0.25) is 4.55 Å². The number of hydrogen-bond acceptors (Lipinski definition) is 3. The Kier molecular flexibility index (Phi) is 5.80. The van der Waals surface area contributed by atoms with Crippen LogP contribution in [0.1, 0.15) is 5.56 Å². The third-order valence-electron chi connectivity index (χ3n) is 1.61. The summed E-state index contributed by atoms with van der Waals surface area (Å²) in [5, 5.41) is 8.00. The summed E-state index contributed by atoms with van der Waals surface area (Å²) in [6.07, 6.45) is 2.01. The number of quaternary nitrogens is 1.